The Morgan fingerprint density at radius 3 is 2.69 bits per heavy atom. The molecular weight excluding hydrogens is 400 g/mol. The van der Waals surface area contributed by atoms with Crippen molar-refractivity contribution in [2.45, 2.75) is 19.9 Å². The number of nitro groups is 1. The number of furan rings is 1. The normalized spacial score (nSPS) is 16.4. The van der Waals surface area contributed by atoms with E-state index in [4.69, 9.17) is 4.42 Å². The zero-order chi connectivity index (χ0) is 21.3. The Morgan fingerprint density at radius 1 is 1.31 bits per heavy atom. The van der Waals surface area contributed by atoms with Gasteiger partial charge in [0.1, 0.15) is 17.6 Å². The minimum atomic E-state index is -1.04. The predicted octanol–water partition coefficient (Wildman–Crippen LogP) is 3.76. The lowest BCUT2D eigenvalue weighted by Gasteiger charge is -2.18. The number of esters is 1. The highest BCUT2D eigenvalue weighted by Crippen LogP contribution is 2.35. The first-order chi connectivity index (χ1) is 13.7. The molecule has 1 aliphatic rings. The summed E-state index contributed by atoms with van der Waals surface area (Å²) in [5.74, 6) is -0.640. The van der Waals surface area contributed by atoms with Crippen molar-refractivity contribution in [1.82, 2.24) is 4.90 Å². The van der Waals surface area contributed by atoms with Gasteiger partial charge in [-0.1, -0.05) is 6.07 Å². The number of benzene rings is 1. The molecule has 0 N–H and O–H groups in total. The second-order valence-corrected chi connectivity index (χ2v) is 7.20. The molecule has 1 aromatic heterocycles. The average molecular weight is 416 g/mol. The number of amides is 2. The number of rotatable bonds is 5. The first-order valence-electron chi connectivity index (χ1n) is 8.43. The molecule has 1 saturated heterocycles. The summed E-state index contributed by atoms with van der Waals surface area (Å²) in [7, 11) is 1.17. The van der Waals surface area contributed by atoms with E-state index in [0.717, 1.165) is 10.5 Å². The molecule has 29 heavy (non-hydrogen) atoms. The topological polar surface area (TPSA) is 120 Å². The molecule has 10 heteroatoms. The molecule has 0 aliphatic carbocycles. The average Bonchev–Trinajstić information content (AvgIpc) is 3.25. The highest BCUT2D eigenvalue weighted by Gasteiger charge is 2.41. The zero-order valence-corrected chi connectivity index (χ0v) is 16.5. The molecule has 1 fully saturated rings. The van der Waals surface area contributed by atoms with Crippen molar-refractivity contribution in [3.8, 4) is 11.3 Å². The smallest absolute Gasteiger partial charge is 0.328 e. The van der Waals surface area contributed by atoms with Crippen molar-refractivity contribution in [2.24, 2.45) is 0 Å². The molecule has 0 spiro atoms. The van der Waals surface area contributed by atoms with Crippen molar-refractivity contribution >= 4 is 40.6 Å². The van der Waals surface area contributed by atoms with Crippen LogP contribution < -0.4 is 0 Å². The van der Waals surface area contributed by atoms with Crippen LogP contribution >= 0.6 is 11.8 Å². The Hall–Kier alpha value is -3.40. The fraction of sp³-hybridized carbons (Fsp3) is 0.211. The van der Waals surface area contributed by atoms with E-state index < -0.39 is 28.1 Å². The lowest BCUT2D eigenvalue weighted by Crippen LogP contribution is -2.42. The van der Waals surface area contributed by atoms with Crippen LogP contribution in [0.3, 0.4) is 0 Å². The molecule has 3 rings (SSSR count). The van der Waals surface area contributed by atoms with Gasteiger partial charge in [-0.2, -0.15) is 0 Å². The summed E-state index contributed by atoms with van der Waals surface area (Å²) in [6, 6.07) is 6.60. The number of carbonyl (C=O) groups excluding carboxylic acids is 3. The Labute approximate surface area is 169 Å². The quantitative estimate of drug-likeness (QED) is 0.313. The van der Waals surface area contributed by atoms with E-state index in [1.807, 2.05) is 0 Å². The third-order valence-corrected chi connectivity index (χ3v) is 5.23. The van der Waals surface area contributed by atoms with E-state index in [0.29, 0.717) is 28.8 Å². The summed E-state index contributed by atoms with van der Waals surface area (Å²) in [6.45, 7) is 3.20. The van der Waals surface area contributed by atoms with Crippen LogP contribution in [-0.2, 0) is 14.3 Å². The Balaban J connectivity index is 1.89. The van der Waals surface area contributed by atoms with E-state index >= 15 is 0 Å². The number of non-ortho nitro benzene ring substituents is 1. The van der Waals surface area contributed by atoms with Crippen molar-refractivity contribution in [2.75, 3.05) is 7.11 Å². The number of nitro benzene ring substituents is 1. The van der Waals surface area contributed by atoms with Crippen molar-refractivity contribution in [3.05, 3.63) is 56.7 Å². The summed E-state index contributed by atoms with van der Waals surface area (Å²) < 4.78 is 10.3. The first-order valence-corrected chi connectivity index (χ1v) is 9.24. The number of aryl methyl sites for hydroxylation is 1. The van der Waals surface area contributed by atoms with E-state index in [1.54, 1.807) is 25.1 Å². The Bertz CT molecular complexity index is 1060. The largest absolute Gasteiger partial charge is 0.467 e. The summed E-state index contributed by atoms with van der Waals surface area (Å²) >= 11 is 0.689. The molecular formula is C19H16N2O7S. The fourth-order valence-corrected chi connectivity index (χ4v) is 3.67. The molecule has 9 nitrogen and oxygen atoms in total. The highest BCUT2D eigenvalue weighted by atomic mass is 32.2. The van der Waals surface area contributed by atoms with E-state index in [1.165, 1.54) is 32.2 Å². The number of carbonyl (C=O) groups is 3. The molecule has 0 unspecified atom stereocenters. The van der Waals surface area contributed by atoms with Crippen LogP contribution in [0.1, 0.15) is 18.2 Å². The van der Waals surface area contributed by atoms with E-state index in [9.17, 15) is 24.5 Å². The lowest BCUT2D eigenvalue weighted by molar-refractivity contribution is -0.384. The van der Waals surface area contributed by atoms with Gasteiger partial charge in [-0.25, -0.2) is 4.79 Å². The van der Waals surface area contributed by atoms with Gasteiger partial charge in [0.25, 0.3) is 16.8 Å². The summed E-state index contributed by atoms with van der Waals surface area (Å²) in [6.07, 6.45) is 1.39. The predicted molar refractivity (Wildman–Crippen MR) is 105 cm³/mol. The van der Waals surface area contributed by atoms with Crippen LogP contribution in [-0.4, -0.2) is 40.1 Å². The summed E-state index contributed by atoms with van der Waals surface area (Å²) in [4.78, 5) is 47.8. The van der Waals surface area contributed by atoms with Gasteiger partial charge in [0, 0.05) is 23.8 Å². The monoisotopic (exact) mass is 416 g/mol. The van der Waals surface area contributed by atoms with Gasteiger partial charge in [-0.15, -0.1) is 0 Å². The molecule has 2 aromatic rings. The van der Waals surface area contributed by atoms with Crippen molar-refractivity contribution < 1.29 is 28.5 Å². The van der Waals surface area contributed by atoms with Crippen LogP contribution in [0.2, 0.25) is 0 Å². The minimum absolute atomic E-state index is 0.0681. The van der Waals surface area contributed by atoms with Crippen molar-refractivity contribution in [3.63, 3.8) is 0 Å². The lowest BCUT2D eigenvalue weighted by atomic mass is 10.1. The second kappa shape index (κ2) is 7.92. The Morgan fingerprint density at radius 2 is 2.03 bits per heavy atom. The number of hydrogen-bond acceptors (Lipinski definition) is 8. The van der Waals surface area contributed by atoms with Gasteiger partial charge in [0.05, 0.1) is 16.9 Å². The van der Waals surface area contributed by atoms with E-state index in [-0.39, 0.29) is 10.6 Å². The number of nitrogens with zero attached hydrogens (tertiary/aromatic N) is 2. The summed E-state index contributed by atoms with van der Waals surface area (Å²) in [5, 5.41) is 10.4. The number of thioether (sulfide) groups is 1. The summed E-state index contributed by atoms with van der Waals surface area (Å²) in [5.41, 5.74) is 1.26. The van der Waals surface area contributed by atoms with Gasteiger partial charge < -0.3 is 9.15 Å². The molecule has 0 bridgehead atoms. The van der Waals surface area contributed by atoms with Gasteiger partial charge in [0.15, 0.2) is 0 Å². The molecule has 1 atom stereocenters. The van der Waals surface area contributed by atoms with Crippen molar-refractivity contribution in [1.29, 1.82) is 0 Å². The minimum Gasteiger partial charge on any atom is -0.467 e. The second-order valence-electron chi connectivity index (χ2n) is 6.21. The third kappa shape index (κ3) is 3.92. The maximum Gasteiger partial charge on any atom is 0.328 e. The maximum atomic E-state index is 12.5. The Kier molecular flexibility index (Phi) is 5.55. The van der Waals surface area contributed by atoms with Crippen LogP contribution in [0.5, 0.6) is 0 Å². The van der Waals surface area contributed by atoms with Crippen LogP contribution in [0.4, 0.5) is 10.5 Å². The molecule has 2 amide bonds. The SMILES string of the molecule is COC(=O)[C@H](C)N1C(=O)S/C(=C/c2ccc(-c3cc([N+](=O)[O-])ccc3C)o2)C1=O. The fourth-order valence-electron chi connectivity index (χ4n) is 2.78. The maximum absolute atomic E-state index is 12.5. The van der Waals surface area contributed by atoms with Gasteiger partial charge >= 0.3 is 5.97 Å². The number of hydrogen-bond donors (Lipinski definition) is 0. The third-order valence-electron chi connectivity index (χ3n) is 4.35. The van der Waals surface area contributed by atoms with Gasteiger partial charge in [0.2, 0.25) is 0 Å². The number of ether oxygens (including phenoxy) is 1. The molecule has 1 aromatic carbocycles. The van der Waals surface area contributed by atoms with Crippen LogP contribution in [0.15, 0.2) is 39.7 Å². The van der Waals surface area contributed by atoms with E-state index in [2.05, 4.69) is 4.74 Å². The van der Waals surface area contributed by atoms with Gasteiger partial charge in [-0.3, -0.25) is 24.6 Å². The molecule has 150 valence electrons. The van der Waals surface area contributed by atoms with Crippen LogP contribution in [0, 0.1) is 17.0 Å². The molecule has 1 aliphatic heterocycles. The molecule has 0 radical (unpaired) electrons. The highest BCUT2D eigenvalue weighted by molar-refractivity contribution is 8.18. The number of imide groups is 1. The number of methoxy groups -OCH3 is 1. The standard InChI is InChI=1S/C19H16N2O7S/c1-10-4-5-12(21(25)26)8-14(10)15-7-6-13(28-15)9-16-17(22)20(19(24)29-16)11(2)18(23)27-3/h4-9,11H,1-3H3/b16-9+/t11-/m0/s1. The first kappa shape index (κ1) is 20.3. The van der Waals surface area contributed by atoms with Gasteiger partial charge in [-0.05, 0) is 43.3 Å². The molecule has 2 heterocycles. The zero-order valence-electron chi connectivity index (χ0n) is 15.7. The molecule has 0 saturated carbocycles. The van der Waals surface area contributed by atoms with Crippen LogP contribution in [0.25, 0.3) is 17.4 Å².